The summed E-state index contributed by atoms with van der Waals surface area (Å²) in [7, 11) is 0. The number of hydrogen-bond acceptors (Lipinski definition) is 8. The Hall–Kier alpha value is -5.08. The van der Waals surface area contributed by atoms with E-state index in [0.717, 1.165) is 35.9 Å². The monoisotopic (exact) mass is 762 g/mol. The second kappa shape index (κ2) is 13.9. The molecule has 2 aliphatic heterocycles. The number of carboxylic acids is 1. The largest absolute Gasteiger partial charge is 0.480 e. The number of aromatic nitrogens is 2. The lowest BCUT2D eigenvalue weighted by molar-refractivity contribution is -0.142. The van der Waals surface area contributed by atoms with Crippen LogP contribution in [0.25, 0.3) is 27.8 Å². The maximum absolute atomic E-state index is 14.7. The van der Waals surface area contributed by atoms with Crippen LogP contribution in [-0.4, -0.2) is 63.1 Å². The zero-order chi connectivity index (χ0) is 38.8. The highest BCUT2D eigenvalue weighted by molar-refractivity contribution is 5.81. The van der Waals surface area contributed by atoms with Crippen molar-refractivity contribution >= 4 is 33.7 Å². The fourth-order valence-corrected chi connectivity index (χ4v) is 8.47. The minimum atomic E-state index is -4.75. The molecular formula is C41H39F5N4O5. The molecule has 2 unspecified atom stereocenters. The molecule has 4 heterocycles. The Kier molecular flexibility index (Phi) is 9.31. The maximum Gasteiger partial charge on any atom is 0.420 e. The van der Waals surface area contributed by atoms with Gasteiger partial charge in [-0.15, -0.1) is 0 Å². The third-order valence-electron chi connectivity index (χ3n) is 11.2. The van der Waals surface area contributed by atoms with Gasteiger partial charge in [0.05, 0.1) is 0 Å². The molecule has 8 rings (SSSR count). The lowest BCUT2D eigenvalue weighted by Crippen LogP contribution is -2.44. The minimum absolute atomic E-state index is 0.00277. The Morgan fingerprint density at radius 1 is 1.04 bits per heavy atom. The molecule has 3 atom stereocenters. The third kappa shape index (κ3) is 6.69. The van der Waals surface area contributed by atoms with E-state index in [1.165, 1.54) is 12.1 Å². The van der Waals surface area contributed by atoms with Crippen molar-refractivity contribution in [3.05, 3.63) is 106 Å². The topological polar surface area (TPSA) is 105 Å². The van der Waals surface area contributed by atoms with Crippen LogP contribution in [0.1, 0.15) is 66.3 Å². The Morgan fingerprint density at radius 2 is 1.78 bits per heavy atom. The molecular weight excluding hydrogens is 723 g/mol. The number of carboxylic acid groups (broad SMARTS) is 1. The van der Waals surface area contributed by atoms with Gasteiger partial charge in [0.15, 0.2) is 11.2 Å². The zero-order valence-corrected chi connectivity index (χ0v) is 30.4. The number of alkyl halides is 5. The van der Waals surface area contributed by atoms with E-state index < -0.39 is 47.3 Å². The minimum Gasteiger partial charge on any atom is -0.480 e. The first kappa shape index (κ1) is 36.9. The van der Waals surface area contributed by atoms with E-state index in [9.17, 15) is 31.9 Å². The van der Waals surface area contributed by atoms with Crippen LogP contribution in [0.3, 0.4) is 0 Å². The predicted octanol–water partition coefficient (Wildman–Crippen LogP) is 8.97. The number of aliphatic carboxylic acids is 1. The third-order valence-corrected chi connectivity index (χ3v) is 11.2. The van der Waals surface area contributed by atoms with Crippen molar-refractivity contribution < 1.29 is 45.4 Å². The van der Waals surface area contributed by atoms with E-state index in [0.29, 0.717) is 37.4 Å². The Balaban J connectivity index is 1.30. The molecule has 2 fully saturated rings. The molecule has 3 aromatic carbocycles. The summed E-state index contributed by atoms with van der Waals surface area (Å²) in [6.45, 7) is 5.10. The van der Waals surface area contributed by atoms with Gasteiger partial charge in [0.2, 0.25) is 11.8 Å². The number of hydrogen-bond donors (Lipinski definition) is 1. The van der Waals surface area contributed by atoms with Gasteiger partial charge >= 0.3 is 18.8 Å². The van der Waals surface area contributed by atoms with Crippen LogP contribution in [0.2, 0.25) is 0 Å². The van der Waals surface area contributed by atoms with E-state index in [4.69, 9.17) is 23.5 Å². The first-order chi connectivity index (χ1) is 26.2. The molecule has 0 radical (unpaired) electrons. The summed E-state index contributed by atoms with van der Waals surface area (Å²) in [6, 6.07) is 12.5. The smallest absolute Gasteiger partial charge is 0.420 e. The summed E-state index contributed by atoms with van der Waals surface area (Å²) in [4.78, 5) is 25.3. The number of allylic oxidation sites excluding steroid dienone is 4. The van der Waals surface area contributed by atoms with Gasteiger partial charge in [-0.3, -0.25) is 14.6 Å². The fourth-order valence-electron chi connectivity index (χ4n) is 8.47. The number of aryl methyl sites for hydroxylation is 1. The molecule has 3 aliphatic rings. The molecule has 0 spiro atoms. The number of rotatable bonds is 10. The van der Waals surface area contributed by atoms with Gasteiger partial charge in [-0.25, -0.2) is 9.97 Å². The van der Waals surface area contributed by atoms with Gasteiger partial charge in [0.25, 0.3) is 0 Å². The van der Waals surface area contributed by atoms with Crippen LogP contribution < -0.4 is 4.74 Å². The normalized spacial score (nSPS) is 22.5. The van der Waals surface area contributed by atoms with E-state index in [1.54, 1.807) is 23.1 Å². The van der Waals surface area contributed by atoms with Crippen LogP contribution >= 0.6 is 0 Å². The molecule has 5 aromatic rings. The summed E-state index contributed by atoms with van der Waals surface area (Å²) in [5, 5.41) is 9.76. The van der Waals surface area contributed by atoms with E-state index in [-0.39, 0.29) is 46.3 Å². The van der Waals surface area contributed by atoms with E-state index in [2.05, 4.69) is 11.8 Å². The average Bonchev–Trinajstić information content (AvgIpc) is 3.86. The van der Waals surface area contributed by atoms with Gasteiger partial charge in [-0.05, 0) is 72.7 Å². The molecule has 2 saturated heterocycles. The second-order valence-corrected chi connectivity index (χ2v) is 15.0. The molecule has 288 valence electrons. The van der Waals surface area contributed by atoms with Gasteiger partial charge in [-0.2, -0.15) is 22.0 Å². The van der Waals surface area contributed by atoms with Crippen molar-refractivity contribution in [1.29, 1.82) is 0 Å². The lowest BCUT2D eigenvalue weighted by atomic mass is 9.67. The number of nitrogens with zero attached hydrogens (tertiary/aromatic N) is 4. The Labute approximate surface area is 313 Å². The van der Waals surface area contributed by atoms with Crippen molar-refractivity contribution in [2.24, 2.45) is 11.8 Å². The number of ether oxygens (including phenoxy) is 1. The predicted molar refractivity (Wildman–Crippen MR) is 193 cm³/mol. The van der Waals surface area contributed by atoms with E-state index >= 15 is 0 Å². The number of halogens is 5. The summed E-state index contributed by atoms with van der Waals surface area (Å²) < 4.78 is 89.2. The fraction of sp³-hybridized carbons (Fsp3) is 0.390. The van der Waals surface area contributed by atoms with Crippen LogP contribution in [-0.2, 0) is 29.5 Å². The van der Waals surface area contributed by atoms with Crippen molar-refractivity contribution in [1.82, 2.24) is 19.8 Å². The maximum atomic E-state index is 14.7. The highest BCUT2D eigenvalue weighted by Gasteiger charge is 2.50. The number of oxazole rings is 2. The summed E-state index contributed by atoms with van der Waals surface area (Å²) in [5.41, 5.74) is 0.917. The number of fused-ring (bicyclic) bond motifs is 2. The first-order valence-corrected chi connectivity index (χ1v) is 18.3. The lowest BCUT2D eigenvalue weighted by Gasteiger charge is -2.37. The van der Waals surface area contributed by atoms with Crippen LogP contribution in [0.15, 0.2) is 75.6 Å². The molecule has 0 amide bonds. The quantitative estimate of drug-likeness (QED) is 0.140. The van der Waals surface area contributed by atoms with Crippen molar-refractivity contribution in [3.8, 4) is 5.75 Å². The second-order valence-electron chi connectivity index (χ2n) is 15.0. The number of carbonyl (C=O) groups is 1. The Bertz CT molecular complexity index is 2340. The SMILES string of the molecule is Cc1ccccc1C1=CC=CC(c2nc3cc(CN4CCC[C@H]4C(=O)O)c(OC(F)F)cc3o2)(c2nc3cc(CN4CC(C)C4)cc(C(F)(F)F)c3o2)C1C. The zero-order valence-electron chi connectivity index (χ0n) is 30.4. The number of benzene rings is 3. The molecule has 55 heavy (non-hydrogen) atoms. The van der Waals surface area contributed by atoms with Crippen molar-refractivity contribution in [3.63, 3.8) is 0 Å². The van der Waals surface area contributed by atoms with Crippen molar-refractivity contribution in [2.75, 3.05) is 19.6 Å². The first-order valence-electron chi connectivity index (χ1n) is 18.3. The summed E-state index contributed by atoms with van der Waals surface area (Å²) in [5.74, 6) is -1.39. The molecule has 14 heteroatoms. The average molecular weight is 763 g/mol. The van der Waals surface area contributed by atoms with E-state index in [1.807, 2.05) is 44.2 Å². The highest BCUT2D eigenvalue weighted by atomic mass is 19.4. The van der Waals surface area contributed by atoms with Gasteiger partial charge in [0, 0.05) is 43.7 Å². The van der Waals surface area contributed by atoms with Crippen molar-refractivity contribution in [2.45, 2.75) is 70.9 Å². The van der Waals surface area contributed by atoms with Gasteiger partial charge < -0.3 is 18.7 Å². The summed E-state index contributed by atoms with van der Waals surface area (Å²) in [6.07, 6.45) is 1.73. The molecule has 1 aliphatic carbocycles. The molecule has 0 bridgehead atoms. The molecule has 9 nitrogen and oxygen atoms in total. The summed E-state index contributed by atoms with van der Waals surface area (Å²) >= 11 is 0. The van der Waals surface area contributed by atoms with Gasteiger partial charge in [0.1, 0.15) is 33.8 Å². The molecule has 1 N–H and O–H groups in total. The van der Waals surface area contributed by atoms with Crippen LogP contribution in [0.5, 0.6) is 5.75 Å². The molecule has 0 saturated carbocycles. The highest BCUT2D eigenvalue weighted by Crippen LogP contribution is 2.51. The van der Waals surface area contributed by atoms with Crippen LogP contribution in [0, 0.1) is 18.8 Å². The molecule has 2 aromatic heterocycles. The van der Waals surface area contributed by atoms with Gasteiger partial charge in [-0.1, -0.05) is 56.3 Å². The Morgan fingerprint density at radius 3 is 2.49 bits per heavy atom. The van der Waals surface area contributed by atoms with Crippen LogP contribution in [0.4, 0.5) is 22.0 Å². The standard InChI is InChI=1S/C41H39F5N4O5/c1-22-18-49(19-22)20-25-14-29(41(44,45)46)35-31(15-25)48-38(55-35)40(12-6-10-28(24(40)3)27-9-5-4-8-23(27)2)37-47-30-16-26(21-50-13-7-11-32(50)36(51)52)33(54-39(42)43)17-34(30)53-37/h4-6,8-10,12,14-17,22,24,32,39H,7,11,13,18-21H2,1-3H3,(H,51,52)/t24?,32-,40?/m0/s1. The number of likely N-dealkylation sites (tertiary alicyclic amines) is 2.